The molecule has 2 aromatic rings. The number of nitrogens with two attached hydrogens (primary N) is 1. The van der Waals surface area contributed by atoms with Gasteiger partial charge in [-0.3, -0.25) is 14.4 Å². The van der Waals surface area contributed by atoms with Gasteiger partial charge < -0.3 is 36.2 Å². The SMILES string of the molecule is COc1ccc(CNCCF)cc1-c1ccc(O)c2c1C[C@H]1C[C@H]3CC(O)=C(C(N)=O)C(=O)[C@@]3(O)C(O)=C1C2=O. The molecule has 11 heteroatoms. The van der Waals surface area contributed by atoms with Crippen LogP contribution >= 0.6 is 0 Å². The van der Waals surface area contributed by atoms with Crippen molar-refractivity contribution in [1.82, 2.24) is 5.32 Å². The molecule has 0 bridgehead atoms. The van der Waals surface area contributed by atoms with Gasteiger partial charge in [-0.05, 0) is 53.6 Å². The van der Waals surface area contributed by atoms with E-state index >= 15 is 0 Å². The number of methoxy groups -OCH3 is 1. The number of aliphatic hydroxyl groups is 3. The Morgan fingerprint density at radius 2 is 1.90 bits per heavy atom. The number of aromatic hydroxyl groups is 1. The molecule has 0 saturated heterocycles. The van der Waals surface area contributed by atoms with E-state index < -0.39 is 58.7 Å². The van der Waals surface area contributed by atoms with Crippen LogP contribution in [0.3, 0.4) is 0 Å². The van der Waals surface area contributed by atoms with Crippen molar-refractivity contribution in [3.63, 3.8) is 0 Å². The monoisotopic (exact) mass is 552 g/mol. The topological polar surface area (TPSA) is 179 Å². The number of phenols is 1. The molecule has 0 fully saturated rings. The Morgan fingerprint density at radius 3 is 2.58 bits per heavy atom. The number of ether oxygens (including phenoxy) is 1. The van der Waals surface area contributed by atoms with Crippen molar-refractivity contribution in [3.05, 3.63) is 69.7 Å². The van der Waals surface area contributed by atoms with Crippen molar-refractivity contribution < 1.29 is 43.9 Å². The van der Waals surface area contributed by atoms with E-state index in [4.69, 9.17) is 10.5 Å². The third-order valence-electron chi connectivity index (χ3n) is 8.10. The highest BCUT2D eigenvalue weighted by atomic mass is 19.1. The molecule has 0 radical (unpaired) electrons. The van der Waals surface area contributed by atoms with Crippen molar-refractivity contribution in [1.29, 1.82) is 0 Å². The third-order valence-corrected chi connectivity index (χ3v) is 8.10. The summed E-state index contributed by atoms with van der Waals surface area (Å²) in [4.78, 5) is 38.8. The number of amides is 1. The predicted octanol–water partition coefficient (Wildman–Crippen LogP) is 2.32. The van der Waals surface area contributed by atoms with Gasteiger partial charge in [0, 0.05) is 36.6 Å². The number of nitrogens with one attached hydrogen (secondary N) is 1. The molecule has 3 atom stereocenters. The second-order valence-electron chi connectivity index (χ2n) is 10.3. The fraction of sp³-hybridized carbons (Fsp3) is 0.345. The normalized spacial score (nSPS) is 24.0. The second-order valence-corrected chi connectivity index (χ2v) is 10.3. The molecule has 0 aliphatic heterocycles. The molecular weight excluding hydrogens is 523 g/mol. The van der Waals surface area contributed by atoms with Crippen LogP contribution in [0.1, 0.15) is 34.3 Å². The summed E-state index contributed by atoms with van der Waals surface area (Å²) in [5.74, 6) is -6.29. The van der Waals surface area contributed by atoms with E-state index in [0.29, 0.717) is 29.0 Å². The number of Topliss-reactive ketones (excluding diaryl/α,β-unsaturated/α-hetero) is 2. The number of carbonyl (C=O) groups is 3. The number of benzene rings is 2. The first-order valence-electron chi connectivity index (χ1n) is 12.8. The molecule has 40 heavy (non-hydrogen) atoms. The summed E-state index contributed by atoms with van der Waals surface area (Å²) in [6.45, 7) is 0.0638. The Bertz CT molecular complexity index is 1510. The van der Waals surface area contributed by atoms with Gasteiger partial charge in [0.25, 0.3) is 5.91 Å². The lowest BCUT2D eigenvalue weighted by molar-refractivity contribution is -0.144. The lowest BCUT2D eigenvalue weighted by Crippen LogP contribution is -2.57. The van der Waals surface area contributed by atoms with Gasteiger partial charge in [0.15, 0.2) is 11.4 Å². The Balaban J connectivity index is 1.64. The lowest BCUT2D eigenvalue weighted by Gasteiger charge is -2.45. The van der Waals surface area contributed by atoms with Crippen LogP contribution in [0, 0.1) is 11.8 Å². The first-order chi connectivity index (χ1) is 19.0. The van der Waals surface area contributed by atoms with Crippen LogP contribution in [-0.4, -0.2) is 63.8 Å². The number of halogens is 1. The van der Waals surface area contributed by atoms with Gasteiger partial charge in [-0.15, -0.1) is 0 Å². The number of allylic oxidation sites excluding steroid dienone is 2. The van der Waals surface area contributed by atoms with Crippen LogP contribution in [0.2, 0.25) is 0 Å². The van der Waals surface area contributed by atoms with Crippen molar-refractivity contribution in [2.45, 2.75) is 31.4 Å². The zero-order valence-electron chi connectivity index (χ0n) is 21.7. The van der Waals surface area contributed by atoms with Crippen molar-refractivity contribution in [3.8, 4) is 22.6 Å². The Kier molecular flexibility index (Phi) is 6.89. The minimum absolute atomic E-state index is 0.0301. The fourth-order valence-electron chi connectivity index (χ4n) is 6.25. The molecule has 0 saturated carbocycles. The number of alkyl halides is 1. The fourth-order valence-corrected chi connectivity index (χ4v) is 6.25. The lowest BCUT2D eigenvalue weighted by atomic mass is 9.60. The van der Waals surface area contributed by atoms with Crippen molar-refractivity contribution in [2.24, 2.45) is 17.6 Å². The van der Waals surface area contributed by atoms with Gasteiger partial charge in [0.2, 0.25) is 5.78 Å². The maximum Gasteiger partial charge on any atom is 0.255 e. The van der Waals surface area contributed by atoms with Gasteiger partial charge in [0.1, 0.15) is 35.3 Å². The quantitative estimate of drug-likeness (QED) is 0.222. The third kappa shape index (κ3) is 4.04. The summed E-state index contributed by atoms with van der Waals surface area (Å²) in [7, 11) is 1.50. The molecule has 3 aliphatic rings. The van der Waals surface area contributed by atoms with Crippen LogP contribution in [0.15, 0.2) is 53.0 Å². The van der Waals surface area contributed by atoms with E-state index in [1.807, 2.05) is 12.1 Å². The highest BCUT2D eigenvalue weighted by molar-refractivity contribution is 6.24. The van der Waals surface area contributed by atoms with Crippen LogP contribution in [0.4, 0.5) is 4.39 Å². The van der Waals surface area contributed by atoms with Crippen molar-refractivity contribution >= 4 is 17.5 Å². The number of ketones is 2. The highest BCUT2D eigenvalue weighted by Crippen LogP contribution is 2.52. The molecule has 0 unspecified atom stereocenters. The smallest absolute Gasteiger partial charge is 0.255 e. The number of aliphatic hydroxyl groups excluding tert-OH is 2. The molecule has 0 spiro atoms. The number of phenolic OH excluding ortho intramolecular Hbond substituents is 1. The Morgan fingerprint density at radius 1 is 1.15 bits per heavy atom. The van der Waals surface area contributed by atoms with Gasteiger partial charge >= 0.3 is 0 Å². The number of rotatable bonds is 7. The first kappa shape index (κ1) is 27.4. The Labute approximate surface area is 228 Å². The predicted molar refractivity (Wildman–Crippen MR) is 140 cm³/mol. The van der Waals surface area contributed by atoms with E-state index in [2.05, 4.69) is 5.32 Å². The molecule has 3 aliphatic carbocycles. The average molecular weight is 553 g/mol. The molecule has 0 heterocycles. The zero-order chi connectivity index (χ0) is 28.9. The van der Waals surface area contributed by atoms with Gasteiger partial charge in [-0.1, -0.05) is 12.1 Å². The van der Waals surface area contributed by atoms with Gasteiger partial charge in [0.05, 0.1) is 12.7 Å². The molecule has 210 valence electrons. The van der Waals surface area contributed by atoms with E-state index in [1.54, 1.807) is 12.1 Å². The van der Waals surface area contributed by atoms with Crippen LogP contribution in [0.5, 0.6) is 11.5 Å². The summed E-state index contributed by atoms with van der Waals surface area (Å²) >= 11 is 0. The van der Waals surface area contributed by atoms with E-state index in [1.165, 1.54) is 13.2 Å². The number of carbonyl (C=O) groups excluding carboxylic acids is 3. The second kappa shape index (κ2) is 10.1. The van der Waals surface area contributed by atoms with E-state index in [0.717, 1.165) is 5.56 Å². The molecule has 1 amide bonds. The number of primary amides is 1. The number of hydrogen-bond donors (Lipinski definition) is 6. The Hall–Kier alpha value is -4.22. The first-order valence-corrected chi connectivity index (χ1v) is 12.8. The molecule has 0 aromatic heterocycles. The van der Waals surface area contributed by atoms with Crippen molar-refractivity contribution in [2.75, 3.05) is 20.3 Å². The molecular formula is C29H29FN2O8. The summed E-state index contributed by atoms with van der Waals surface area (Å²) < 4.78 is 18.2. The minimum atomic E-state index is -2.62. The number of hydrogen-bond acceptors (Lipinski definition) is 9. The summed E-state index contributed by atoms with van der Waals surface area (Å²) in [5.41, 5.74) is 4.05. The molecule has 10 nitrogen and oxygen atoms in total. The minimum Gasteiger partial charge on any atom is -0.511 e. The highest BCUT2D eigenvalue weighted by Gasteiger charge is 2.59. The standard InChI is InChI=1S/C29H29FN2O8/c1-40-21-5-2-13(12-32-7-6-30)8-17(21)16-3-4-19(33)23-18(16)10-14-9-15-11-20(34)24(28(31)38)27(37)29(15,39)26(36)22(14)25(23)35/h2-5,8,14-15,32-34,36,39H,6-7,9-12H2,1H3,(H2,31,38)/t14-,15+,29+/m1/s1. The van der Waals surface area contributed by atoms with Gasteiger partial charge in [-0.25, -0.2) is 4.39 Å². The average Bonchev–Trinajstić information content (AvgIpc) is 2.91. The van der Waals surface area contributed by atoms with Crippen LogP contribution in [-0.2, 0) is 22.6 Å². The van der Waals surface area contributed by atoms with E-state index in [-0.39, 0.29) is 42.7 Å². The zero-order valence-corrected chi connectivity index (χ0v) is 21.7. The number of fused-ring (bicyclic) bond motifs is 3. The molecule has 7 N–H and O–H groups in total. The largest absolute Gasteiger partial charge is 0.511 e. The maximum absolute atomic E-state index is 13.8. The summed E-state index contributed by atoms with van der Waals surface area (Å²) in [6.07, 6.45) is -0.113. The molecule has 2 aromatic carbocycles. The van der Waals surface area contributed by atoms with Gasteiger partial charge in [-0.2, -0.15) is 0 Å². The summed E-state index contributed by atoms with van der Waals surface area (Å²) in [5, 5.41) is 46.7. The van der Waals surface area contributed by atoms with Crippen LogP contribution in [0.25, 0.3) is 11.1 Å². The molecule has 5 rings (SSSR count). The summed E-state index contributed by atoms with van der Waals surface area (Å²) in [6, 6.07) is 8.42. The maximum atomic E-state index is 13.8. The van der Waals surface area contributed by atoms with E-state index in [9.17, 15) is 39.2 Å². The van der Waals surface area contributed by atoms with Crippen LogP contribution < -0.4 is 15.8 Å².